The number of anilines is 1. The summed E-state index contributed by atoms with van der Waals surface area (Å²) in [4.78, 5) is 14.9. The van der Waals surface area contributed by atoms with Crippen LogP contribution in [0.15, 0.2) is 17.8 Å². The van der Waals surface area contributed by atoms with Gasteiger partial charge in [-0.2, -0.15) is 5.10 Å². The van der Waals surface area contributed by atoms with Crippen LogP contribution in [0.1, 0.15) is 17.3 Å². The molecule has 0 aliphatic carbocycles. The Hall–Kier alpha value is -1.93. The molecular formula is C11H15N5O2S. The normalized spacial score (nSPS) is 12.3. The van der Waals surface area contributed by atoms with Crippen molar-refractivity contribution < 1.29 is 9.90 Å². The van der Waals surface area contributed by atoms with Crippen LogP contribution in [0.4, 0.5) is 5.13 Å². The minimum atomic E-state index is -1.08. The maximum Gasteiger partial charge on any atom is 0.326 e. The first kappa shape index (κ1) is 13.5. The van der Waals surface area contributed by atoms with E-state index in [9.17, 15) is 4.79 Å². The highest BCUT2D eigenvalue weighted by Crippen LogP contribution is 2.19. The van der Waals surface area contributed by atoms with Gasteiger partial charge in [0, 0.05) is 25.2 Å². The number of hydrogen-bond donors (Lipinski definition) is 3. The Labute approximate surface area is 114 Å². The number of hydrogen-bond acceptors (Lipinski definition) is 6. The Morgan fingerprint density at radius 2 is 2.47 bits per heavy atom. The third-order valence-corrected chi connectivity index (χ3v) is 3.37. The van der Waals surface area contributed by atoms with Gasteiger partial charge in [0.2, 0.25) is 0 Å². The summed E-state index contributed by atoms with van der Waals surface area (Å²) in [5.41, 5.74) is 6.99. The van der Waals surface area contributed by atoms with Crippen molar-refractivity contribution in [2.75, 3.05) is 11.9 Å². The van der Waals surface area contributed by atoms with Crippen LogP contribution >= 0.6 is 11.3 Å². The van der Waals surface area contributed by atoms with Crippen molar-refractivity contribution in [1.82, 2.24) is 14.8 Å². The van der Waals surface area contributed by atoms with Crippen LogP contribution in [0.25, 0.3) is 0 Å². The average Bonchev–Trinajstić information content (AvgIpc) is 2.98. The average molecular weight is 281 g/mol. The summed E-state index contributed by atoms with van der Waals surface area (Å²) in [5.74, 6) is -1.08. The van der Waals surface area contributed by atoms with Crippen LogP contribution in [0.2, 0.25) is 0 Å². The first-order valence-electron chi connectivity index (χ1n) is 5.71. The van der Waals surface area contributed by atoms with Gasteiger partial charge in [-0.15, -0.1) is 11.3 Å². The fourth-order valence-electron chi connectivity index (χ4n) is 1.55. The molecule has 0 saturated heterocycles. The van der Waals surface area contributed by atoms with Crippen LogP contribution in [-0.2, 0) is 18.3 Å². The third kappa shape index (κ3) is 3.52. The molecule has 19 heavy (non-hydrogen) atoms. The van der Waals surface area contributed by atoms with Gasteiger partial charge in [-0.3, -0.25) is 9.48 Å². The molecule has 0 spiro atoms. The van der Waals surface area contributed by atoms with Crippen molar-refractivity contribution in [1.29, 1.82) is 0 Å². The van der Waals surface area contributed by atoms with Crippen molar-refractivity contribution in [3.63, 3.8) is 0 Å². The minimum Gasteiger partial charge on any atom is -0.480 e. The first-order chi connectivity index (χ1) is 9.06. The third-order valence-electron chi connectivity index (χ3n) is 2.55. The number of carboxylic acids is 1. The molecule has 0 radical (unpaired) electrons. The molecule has 2 rings (SSSR count). The number of aromatic nitrogens is 3. The Bertz CT molecular complexity index is 565. The molecule has 102 valence electrons. The lowest BCUT2D eigenvalue weighted by Crippen LogP contribution is -2.21. The number of nitrogens with one attached hydrogen (secondary N) is 1. The van der Waals surface area contributed by atoms with Gasteiger partial charge >= 0.3 is 5.97 Å². The Morgan fingerprint density at radius 3 is 3.11 bits per heavy atom. The van der Waals surface area contributed by atoms with Gasteiger partial charge in [0.25, 0.3) is 0 Å². The van der Waals surface area contributed by atoms with Gasteiger partial charge in [-0.1, -0.05) is 0 Å². The summed E-state index contributed by atoms with van der Waals surface area (Å²) in [5, 5.41) is 18.3. The van der Waals surface area contributed by atoms with E-state index in [1.807, 2.05) is 19.4 Å². The van der Waals surface area contributed by atoms with E-state index in [-0.39, 0.29) is 0 Å². The monoisotopic (exact) mass is 281 g/mol. The number of carbonyl (C=O) groups is 1. The standard InChI is InChI=1S/C11H15N5O2S/c1-16-5-7(4-14-16)2-3-13-11-15-8(6-19-11)9(12)10(17)18/h4-6,9H,2-3,12H2,1H3,(H,13,15)(H,17,18). The molecule has 1 atom stereocenters. The topological polar surface area (TPSA) is 106 Å². The lowest BCUT2D eigenvalue weighted by molar-refractivity contribution is -0.138. The first-order valence-corrected chi connectivity index (χ1v) is 6.59. The number of aliphatic carboxylic acids is 1. The summed E-state index contributed by atoms with van der Waals surface area (Å²) in [6.45, 7) is 0.709. The van der Waals surface area contributed by atoms with E-state index in [4.69, 9.17) is 10.8 Å². The second kappa shape index (κ2) is 5.81. The predicted octanol–water partition coefficient (Wildman–Crippen LogP) is 0.616. The number of thiazole rings is 1. The van der Waals surface area contributed by atoms with Crippen molar-refractivity contribution in [2.45, 2.75) is 12.5 Å². The Morgan fingerprint density at radius 1 is 1.68 bits per heavy atom. The summed E-state index contributed by atoms with van der Waals surface area (Å²) in [7, 11) is 1.87. The van der Waals surface area contributed by atoms with Crippen LogP contribution in [0.3, 0.4) is 0 Å². The smallest absolute Gasteiger partial charge is 0.326 e. The van der Waals surface area contributed by atoms with E-state index in [1.165, 1.54) is 11.3 Å². The summed E-state index contributed by atoms with van der Waals surface area (Å²) in [6, 6.07) is -1.06. The molecular weight excluding hydrogens is 266 g/mol. The van der Waals surface area contributed by atoms with Crippen LogP contribution in [0.5, 0.6) is 0 Å². The number of carboxylic acid groups (broad SMARTS) is 1. The fourth-order valence-corrected chi connectivity index (χ4v) is 2.33. The van der Waals surface area contributed by atoms with Crippen LogP contribution < -0.4 is 11.1 Å². The molecule has 0 bridgehead atoms. The van der Waals surface area contributed by atoms with E-state index < -0.39 is 12.0 Å². The van der Waals surface area contributed by atoms with Crippen molar-refractivity contribution >= 4 is 22.4 Å². The van der Waals surface area contributed by atoms with Gasteiger partial charge in [0.1, 0.15) is 6.04 Å². The van der Waals surface area contributed by atoms with E-state index in [0.717, 1.165) is 12.0 Å². The molecule has 4 N–H and O–H groups in total. The fraction of sp³-hybridized carbons (Fsp3) is 0.364. The second-order valence-electron chi connectivity index (χ2n) is 4.09. The maximum absolute atomic E-state index is 10.7. The summed E-state index contributed by atoms with van der Waals surface area (Å²) >= 11 is 1.35. The van der Waals surface area contributed by atoms with E-state index in [1.54, 1.807) is 10.1 Å². The summed E-state index contributed by atoms with van der Waals surface area (Å²) < 4.78 is 1.75. The van der Waals surface area contributed by atoms with Crippen molar-refractivity contribution in [3.05, 3.63) is 29.0 Å². The molecule has 2 aromatic heterocycles. The molecule has 0 fully saturated rings. The van der Waals surface area contributed by atoms with Gasteiger partial charge in [-0.05, 0) is 12.0 Å². The van der Waals surface area contributed by atoms with Gasteiger partial charge < -0.3 is 16.2 Å². The largest absolute Gasteiger partial charge is 0.480 e. The number of aryl methyl sites for hydroxylation is 1. The number of nitrogens with two attached hydrogens (primary N) is 1. The Kier molecular flexibility index (Phi) is 4.13. The van der Waals surface area contributed by atoms with Crippen LogP contribution in [-0.4, -0.2) is 32.4 Å². The molecule has 0 aliphatic heterocycles. The maximum atomic E-state index is 10.7. The highest BCUT2D eigenvalue weighted by Gasteiger charge is 2.17. The molecule has 0 aliphatic rings. The molecule has 2 aromatic rings. The van der Waals surface area contributed by atoms with E-state index >= 15 is 0 Å². The molecule has 2 heterocycles. The molecule has 1 unspecified atom stereocenters. The van der Waals surface area contributed by atoms with Crippen molar-refractivity contribution in [2.24, 2.45) is 12.8 Å². The lowest BCUT2D eigenvalue weighted by atomic mass is 10.2. The molecule has 0 saturated carbocycles. The van der Waals surface area contributed by atoms with Gasteiger partial charge in [0.15, 0.2) is 5.13 Å². The molecule has 0 aromatic carbocycles. The van der Waals surface area contributed by atoms with E-state index in [0.29, 0.717) is 17.4 Å². The van der Waals surface area contributed by atoms with Gasteiger partial charge in [0.05, 0.1) is 11.9 Å². The second-order valence-corrected chi connectivity index (χ2v) is 4.95. The zero-order chi connectivity index (χ0) is 13.8. The van der Waals surface area contributed by atoms with Crippen molar-refractivity contribution in [3.8, 4) is 0 Å². The Balaban J connectivity index is 1.85. The molecule has 8 heteroatoms. The highest BCUT2D eigenvalue weighted by atomic mass is 32.1. The molecule has 0 amide bonds. The minimum absolute atomic E-state index is 0.376. The molecule has 7 nitrogen and oxygen atoms in total. The summed E-state index contributed by atoms with van der Waals surface area (Å²) in [6.07, 6.45) is 4.60. The predicted molar refractivity (Wildman–Crippen MR) is 72.1 cm³/mol. The van der Waals surface area contributed by atoms with Crippen LogP contribution in [0, 0.1) is 0 Å². The number of rotatable bonds is 6. The SMILES string of the molecule is Cn1cc(CCNc2nc(C(N)C(=O)O)cs2)cn1. The number of nitrogens with zero attached hydrogens (tertiary/aromatic N) is 3. The zero-order valence-electron chi connectivity index (χ0n) is 10.4. The van der Waals surface area contributed by atoms with Gasteiger partial charge in [-0.25, -0.2) is 4.98 Å². The quantitative estimate of drug-likeness (QED) is 0.716. The lowest BCUT2D eigenvalue weighted by Gasteiger charge is -2.02. The zero-order valence-corrected chi connectivity index (χ0v) is 11.2. The highest BCUT2D eigenvalue weighted by molar-refractivity contribution is 7.13. The van der Waals surface area contributed by atoms with E-state index in [2.05, 4.69) is 15.4 Å².